The largest absolute Gasteiger partial charge is 0.328 e. The second-order valence-electron chi connectivity index (χ2n) is 5.29. The van der Waals surface area contributed by atoms with Gasteiger partial charge in [-0.2, -0.15) is 0 Å². The Labute approximate surface area is 82.1 Å². The third-order valence-electron chi connectivity index (χ3n) is 3.57. The molecular formula is C11H24N2. The van der Waals surface area contributed by atoms with Crippen LogP contribution in [-0.2, 0) is 0 Å². The van der Waals surface area contributed by atoms with Crippen LogP contribution in [0.15, 0.2) is 0 Å². The molecular weight excluding hydrogens is 160 g/mol. The topological polar surface area (TPSA) is 52.0 Å². The summed E-state index contributed by atoms with van der Waals surface area (Å²) in [7, 11) is 0. The summed E-state index contributed by atoms with van der Waals surface area (Å²) in [5, 5.41) is 0. The van der Waals surface area contributed by atoms with E-state index in [4.69, 9.17) is 11.5 Å². The molecule has 0 aliphatic heterocycles. The molecule has 78 valence electrons. The molecule has 0 aromatic carbocycles. The Morgan fingerprint density at radius 2 is 1.62 bits per heavy atom. The number of nitrogens with two attached hydrogens (primary N) is 2. The van der Waals surface area contributed by atoms with Gasteiger partial charge in [0, 0.05) is 11.6 Å². The van der Waals surface area contributed by atoms with Crippen molar-refractivity contribution in [1.82, 2.24) is 0 Å². The highest BCUT2D eigenvalue weighted by molar-refractivity contribution is 4.87. The van der Waals surface area contributed by atoms with Crippen molar-refractivity contribution in [3.63, 3.8) is 0 Å². The van der Waals surface area contributed by atoms with Crippen LogP contribution in [-0.4, -0.2) is 11.6 Å². The van der Waals surface area contributed by atoms with E-state index in [-0.39, 0.29) is 5.54 Å². The van der Waals surface area contributed by atoms with Crippen LogP contribution in [0.4, 0.5) is 0 Å². The Bertz CT molecular complexity index is 150. The molecule has 4 N–H and O–H groups in total. The van der Waals surface area contributed by atoms with Crippen LogP contribution >= 0.6 is 0 Å². The summed E-state index contributed by atoms with van der Waals surface area (Å²) in [4.78, 5) is 0. The standard InChI is InChI=1S/C11H24N2/c1-8(12)9-4-6-10(7-5-9)11(2,3)13/h8-10H,4-7,12-13H2,1-3H3. The van der Waals surface area contributed by atoms with Crippen LogP contribution in [0.25, 0.3) is 0 Å². The van der Waals surface area contributed by atoms with Gasteiger partial charge in [-0.25, -0.2) is 0 Å². The highest BCUT2D eigenvalue weighted by Crippen LogP contribution is 2.35. The zero-order chi connectivity index (χ0) is 10.1. The van der Waals surface area contributed by atoms with Gasteiger partial charge in [-0.15, -0.1) is 0 Å². The lowest BCUT2D eigenvalue weighted by molar-refractivity contribution is 0.185. The molecule has 1 aliphatic rings. The van der Waals surface area contributed by atoms with E-state index in [0.29, 0.717) is 12.0 Å². The lowest BCUT2D eigenvalue weighted by atomic mass is 9.72. The monoisotopic (exact) mass is 184 g/mol. The van der Waals surface area contributed by atoms with Gasteiger partial charge >= 0.3 is 0 Å². The Hall–Kier alpha value is -0.0800. The van der Waals surface area contributed by atoms with Crippen LogP contribution in [0.2, 0.25) is 0 Å². The highest BCUT2D eigenvalue weighted by Gasteiger charge is 2.30. The summed E-state index contributed by atoms with van der Waals surface area (Å²) in [6.07, 6.45) is 5.05. The van der Waals surface area contributed by atoms with E-state index in [1.54, 1.807) is 0 Å². The summed E-state index contributed by atoms with van der Waals surface area (Å²) >= 11 is 0. The van der Waals surface area contributed by atoms with Gasteiger partial charge in [-0.1, -0.05) is 0 Å². The highest BCUT2D eigenvalue weighted by atomic mass is 14.7. The van der Waals surface area contributed by atoms with E-state index in [1.807, 2.05) is 0 Å². The minimum absolute atomic E-state index is 0.00278. The molecule has 1 rings (SSSR count). The first-order valence-corrected chi connectivity index (χ1v) is 5.45. The van der Waals surface area contributed by atoms with E-state index in [1.165, 1.54) is 25.7 Å². The SMILES string of the molecule is CC(N)C1CCC(C(C)(C)N)CC1. The molecule has 1 saturated carbocycles. The van der Waals surface area contributed by atoms with Crippen molar-refractivity contribution in [2.45, 2.75) is 58.0 Å². The average Bonchev–Trinajstić information content (AvgIpc) is 2.03. The van der Waals surface area contributed by atoms with E-state index < -0.39 is 0 Å². The fourth-order valence-electron chi connectivity index (χ4n) is 2.39. The Morgan fingerprint density at radius 3 is 1.92 bits per heavy atom. The van der Waals surface area contributed by atoms with Gasteiger partial charge in [-0.05, 0) is 58.3 Å². The van der Waals surface area contributed by atoms with E-state index >= 15 is 0 Å². The maximum Gasteiger partial charge on any atom is 0.0125 e. The van der Waals surface area contributed by atoms with Crippen LogP contribution in [0.5, 0.6) is 0 Å². The van der Waals surface area contributed by atoms with Gasteiger partial charge in [0.05, 0.1) is 0 Å². The van der Waals surface area contributed by atoms with Crippen LogP contribution in [0.3, 0.4) is 0 Å². The molecule has 0 amide bonds. The molecule has 0 saturated heterocycles. The number of hydrogen-bond donors (Lipinski definition) is 2. The van der Waals surface area contributed by atoms with E-state index in [2.05, 4.69) is 20.8 Å². The lowest BCUT2D eigenvalue weighted by Gasteiger charge is -2.37. The molecule has 2 nitrogen and oxygen atoms in total. The third kappa shape index (κ3) is 2.96. The third-order valence-corrected chi connectivity index (χ3v) is 3.57. The smallest absolute Gasteiger partial charge is 0.0125 e. The normalized spacial score (nSPS) is 33.0. The van der Waals surface area contributed by atoms with Gasteiger partial charge < -0.3 is 11.5 Å². The van der Waals surface area contributed by atoms with Crippen molar-refractivity contribution in [3.05, 3.63) is 0 Å². The molecule has 1 fully saturated rings. The minimum Gasteiger partial charge on any atom is -0.328 e. The lowest BCUT2D eigenvalue weighted by Crippen LogP contribution is -2.44. The molecule has 0 heterocycles. The van der Waals surface area contributed by atoms with E-state index in [9.17, 15) is 0 Å². The second-order valence-corrected chi connectivity index (χ2v) is 5.29. The first kappa shape index (κ1) is 11.0. The molecule has 0 aromatic heterocycles. The van der Waals surface area contributed by atoms with Gasteiger partial charge in [-0.3, -0.25) is 0 Å². The molecule has 0 spiro atoms. The Morgan fingerprint density at radius 1 is 1.15 bits per heavy atom. The summed E-state index contributed by atoms with van der Waals surface area (Å²) < 4.78 is 0. The summed E-state index contributed by atoms with van der Waals surface area (Å²) in [6, 6.07) is 0.363. The molecule has 2 heteroatoms. The predicted octanol–water partition coefficient (Wildman–Crippen LogP) is 1.88. The fraction of sp³-hybridized carbons (Fsp3) is 1.00. The molecule has 0 aromatic rings. The Kier molecular flexibility index (Phi) is 3.36. The predicted molar refractivity (Wildman–Crippen MR) is 57.4 cm³/mol. The quantitative estimate of drug-likeness (QED) is 0.688. The summed E-state index contributed by atoms with van der Waals surface area (Å²) in [5.41, 5.74) is 12.0. The Balaban J connectivity index is 2.39. The molecule has 13 heavy (non-hydrogen) atoms. The number of rotatable bonds is 2. The maximum atomic E-state index is 6.10. The van der Waals surface area contributed by atoms with Crippen LogP contribution in [0.1, 0.15) is 46.5 Å². The van der Waals surface area contributed by atoms with Gasteiger partial charge in [0.25, 0.3) is 0 Å². The molecule has 1 aliphatic carbocycles. The van der Waals surface area contributed by atoms with Gasteiger partial charge in [0.1, 0.15) is 0 Å². The van der Waals surface area contributed by atoms with Gasteiger partial charge in [0.2, 0.25) is 0 Å². The van der Waals surface area contributed by atoms with Crippen molar-refractivity contribution in [1.29, 1.82) is 0 Å². The van der Waals surface area contributed by atoms with Crippen molar-refractivity contribution in [2.75, 3.05) is 0 Å². The van der Waals surface area contributed by atoms with Crippen molar-refractivity contribution >= 4 is 0 Å². The van der Waals surface area contributed by atoms with Crippen molar-refractivity contribution < 1.29 is 0 Å². The zero-order valence-electron chi connectivity index (χ0n) is 9.22. The number of hydrogen-bond acceptors (Lipinski definition) is 2. The van der Waals surface area contributed by atoms with Gasteiger partial charge in [0.15, 0.2) is 0 Å². The van der Waals surface area contributed by atoms with Crippen molar-refractivity contribution in [3.8, 4) is 0 Å². The average molecular weight is 184 g/mol. The second kappa shape index (κ2) is 3.97. The van der Waals surface area contributed by atoms with Crippen molar-refractivity contribution in [2.24, 2.45) is 23.3 Å². The molecule has 1 unspecified atom stereocenters. The maximum absolute atomic E-state index is 6.10. The zero-order valence-corrected chi connectivity index (χ0v) is 9.22. The molecule has 0 radical (unpaired) electrons. The minimum atomic E-state index is 0.00278. The van der Waals surface area contributed by atoms with E-state index in [0.717, 1.165) is 5.92 Å². The fourth-order valence-corrected chi connectivity index (χ4v) is 2.39. The summed E-state index contributed by atoms with van der Waals surface area (Å²) in [5.74, 6) is 1.43. The molecule has 0 bridgehead atoms. The molecule has 1 atom stereocenters. The first-order chi connectivity index (χ1) is 5.91. The van der Waals surface area contributed by atoms with Crippen LogP contribution < -0.4 is 11.5 Å². The summed E-state index contributed by atoms with van der Waals surface area (Å²) in [6.45, 7) is 6.41. The van der Waals surface area contributed by atoms with Crippen LogP contribution in [0, 0.1) is 11.8 Å². The first-order valence-electron chi connectivity index (χ1n) is 5.45.